The van der Waals surface area contributed by atoms with E-state index in [1.807, 2.05) is 39.7 Å². The van der Waals surface area contributed by atoms with E-state index < -0.39 is 25.3 Å². The first kappa shape index (κ1) is 23.3. The molecule has 0 aromatic carbocycles. The van der Waals surface area contributed by atoms with Gasteiger partial charge in [-0.3, -0.25) is 4.68 Å². The van der Waals surface area contributed by atoms with Crippen molar-refractivity contribution < 1.29 is 13.5 Å². The third-order valence-electron chi connectivity index (χ3n) is 6.04. The molecule has 0 amide bonds. The molecular formula is C18H35BN4O3SSi. The molecule has 1 aromatic rings. The Bertz CT molecular complexity index is 825. The van der Waals surface area contributed by atoms with Crippen molar-refractivity contribution in [2.45, 2.75) is 89.4 Å². The van der Waals surface area contributed by atoms with Crippen molar-refractivity contribution in [1.29, 1.82) is 4.78 Å². The quantitative estimate of drug-likeness (QED) is 0.674. The van der Waals surface area contributed by atoms with E-state index in [4.69, 9.17) is 14.1 Å². The van der Waals surface area contributed by atoms with Gasteiger partial charge in [0, 0.05) is 6.20 Å². The molecule has 10 heteroatoms. The molecular weight excluding hydrogens is 391 g/mol. The van der Waals surface area contributed by atoms with Crippen LogP contribution in [0.5, 0.6) is 0 Å². The Labute approximate surface area is 171 Å². The van der Waals surface area contributed by atoms with Gasteiger partial charge in [-0.1, -0.05) is 45.9 Å². The van der Waals surface area contributed by atoms with E-state index in [1.165, 1.54) is 0 Å². The number of allylic oxidation sites excluding steroid dienone is 1. The molecule has 2 rings (SSSR count). The number of rotatable bonds is 6. The van der Waals surface area contributed by atoms with Crippen LogP contribution in [0.4, 0.5) is 0 Å². The smallest absolute Gasteiger partial charge is 0.400 e. The number of hydrogen-bond acceptors (Lipinski definition) is 5. The van der Waals surface area contributed by atoms with E-state index in [1.54, 1.807) is 16.9 Å². The lowest BCUT2D eigenvalue weighted by Gasteiger charge is -2.37. The number of nitrogens with zero attached hydrogens (tertiary/aromatic N) is 2. The van der Waals surface area contributed by atoms with E-state index in [-0.39, 0.29) is 21.3 Å². The molecule has 2 heterocycles. The largest absolute Gasteiger partial charge is 0.486 e. The molecule has 1 aromatic heterocycles. The first-order chi connectivity index (χ1) is 12.5. The molecule has 0 saturated carbocycles. The zero-order valence-electron chi connectivity index (χ0n) is 18.6. The van der Waals surface area contributed by atoms with Gasteiger partial charge in [0.1, 0.15) is 18.2 Å². The van der Waals surface area contributed by atoms with Crippen LogP contribution in [-0.2, 0) is 25.8 Å². The van der Waals surface area contributed by atoms with Crippen molar-refractivity contribution in [2.24, 2.45) is 0 Å². The van der Waals surface area contributed by atoms with Crippen LogP contribution in [0.15, 0.2) is 29.3 Å². The molecule has 0 radical (unpaired) electrons. The minimum atomic E-state index is -3.15. The minimum absolute atomic E-state index is 0.0230. The molecule has 158 valence electrons. The van der Waals surface area contributed by atoms with Crippen molar-refractivity contribution in [3.63, 3.8) is 0 Å². The fourth-order valence-electron chi connectivity index (χ4n) is 2.41. The Hall–Kier alpha value is -0.938. The minimum Gasteiger partial charge on any atom is -0.400 e. The predicted octanol–water partition coefficient (Wildman–Crippen LogP) is 3.99. The van der Waals surface area contributed by atoms with Crippen LogP contribution in [0, 0.1) is 4.78 Å². The van der Waals surface area contributed by atoms with Crippen molar-refractivity contribution in [2.75, 3.05) is 0 Å². The SMILES string of the molecule is CC1(C)OB(/C=C/Cn2ccc(S(=N)(=O)N[Si](C)(C)C(C)(C)C)n2)OC1(C)C. The highest BCUT2D eigenvalue weighted by atomic mass is 32.2. The molecule has 7 nitrogen and oxygen atoms in total. The molecule has 1 unspecified atom stereocenters. The fourth-order valence-corrected chi connectivity index (χ4v) is 7.40. The number of aromatic nitrogens is 2. The summed E-state index contributed by atoms with van der Waals surface area (Å²) in [5.41, 5.74) is -0.736. The molecule has 1 atom stereocenters. The van der Waals surface area contributed by atoms with Gasteiger partial charge in [-0.2, -0.15) is 5.10 Å². The van der Waals surface area contributed by atoms with Crippen LogP contribution < -0.4 is 4.39 Å². The van der Waals surface area contributed by atoms with Gasteiger partial charge in [0.2, 0.25) is 0 Å². The summed E-state index contributed by atoms with van der Waals surface area (Å²) in [6.45, 7) is 19.1. The average molecular weight is 426 g/mol. The van der Waals surface area contributed by atoms with Gasteiger partial charge in [0.05, 0.1) is 17.7 Å². The fraction of sp³-hybridized carbons (Fsp3) is 0.722. The first-order valence-corrected chi connectivity index (χ1v) is 14.2. The Kier molecular flexibility index (Phi) is 6.16. The highest BCUT2D eigenvalue weighted by Crippen LogP contribution is 2.37. The summed E-state index contributed by atoms with van der Waals surface area (Å²) in [4.78, 5) is 0. The maximum Gasteiger partial charge on any atom is 0.486 e. The first-order valence-electron chi connectivity index (χ1n) is 9.60. The lowest BCUT2D eigenvalue weighted by Crippen LogP contribution is -2.54. The molecule has 0 spiro atoms. The van der Waals surface area contributed by atoms with Gasteiger partial charge in [0.15, 0.2) is 5.03 Å². The maximum absolute atomic E-state index is 12.9. The van der Waals surface area contributed by atoms with Crippen molar-refractivity contribution in [1.82, 2.24) is 14.2 Å². The Morgan fingerprint density at radius 3 is 2.32 bits per heavy atom. The van der Waals surface area contributed by atoms with Crippen LogP contribution in [0.2, 0.25) is 18.1 Å². The summed E-state index contributed by atoms with van der Waals surface area (Å²) in [5.74, 6) is 1.86. The normalized spacial score (nSPS) is 22.0. The van der Waals surface area contributed by atoms with E-state index in [2.05, 4.69) is 43.4 Å². The zero-order valence-corrected chi connectivity index (χ0v) is 20.4. The Morgan fingerprint density at radius 1 is 1.29 bits per heavy atom. The topological polar surface area (TPSA) is 89.2 Å². The molecule has 2 N–H and O–H groups in total. The molecule has 0 aliphatic carbocycles. The van der Waals surface area contributed by atoms with Crippen molar-refractivity contribution >= 4 is 25.3 Å². The lowest BCUT2D eigenvalue weighted by molar-refractivity contribution is 0.00578. The molecule has 28 heavy (non-hydrogen) atoms. The van der Waals surface area contributed by atoms with Gasteiger partial charge in [0.25, 0.3) is 0 Å². The standard InChI is InChI=1S/C18H35BN4O3SSi/c1-16(2,3)28(8,9)22-27(20,24)15-11-14-23(21-15)13-10-12-19-25-17(4,5)18(6,7)26-19/h10-12,14H,13H2,1-9H3,(H2,20,22,24)/b12-10+. The lowest BCUT2D eigenvalue weighted by atomic mass is 9.90. The van der Waals surface area contributed by atoms with E-state index in [0.29, 0.717) is 6.54 Å². The molecule has 1 aliphatic rings. The Morgan fingerprint density at radius 2 is 1.82 bits per heavy atom. The van der Waals surface area contributed by atoms with Gasteiger partial charge in [-0.05, 0) is 38.8 Å². The van der Waals surface area contributed by atoms with Gasteiger partial charge in [-0.15, -0.1) is 0 Å². The second-order valence-electron chi connectivity index (χ2n) is 9.96. The van der Waals surface area contributed by atoms with E-state index in [9.17, 15) is 4.21 Å². The number of hydrogen-bond donors (Lipinski definition) is 2. The monoisotopic (exact) mass is 426 g/mol. The van der Waals surface area contributed by atoms with Gasteiger partial charge in [-0.25, -0.2) is 13.4 Å². The molecule has 1 aliphatic heterocycles. The van der Waals surface area contributed by atoms with Crippen LogP contribution in [-0.4, -0.2) is 40.5 Å². The second-order valence-corrected chi connectivity index (χ2v) is 17.1. The summed E-state index contributed by atoms with van der Waals surface area (Å²) in [7, 11) is -5.64. The summed E-state index contributed by atoms with van der Waals surface area (Å²) in [5, 5.41) is 4.59. The third-order valence-corrected chi connectivity index (χ3v) is 13.8. The molecule has 0 bridgehead atoms. The highest BCUT2D eigenvalue weighted by molar-refractivity contribution is 7.91. The van der Waals surface area contributed by atoms with Crippen molar-refractivity contribution in [3.05, 3.63) is 24.3 Å². The maximum atomic E-state index is 12.9. The van der Waals surface area contributed by atoms with Crippen LogP contribution >= 0.6 is 0 Å². The summed E-state index contributed by atoms with van der Waals surface area (Å²) >= 11 is 0. The van der Waals surface area contributed by atoms with Crippen molar-refractivity contribution in [3.8, 4) is 0 Å². The molecule has 1 saturated heterocycles. The number of nitrogens with one attached hydrogen (secondary N) is 2. The Balaban J connectivity index is 2.03. The van der Waals surface area contributed by atoms with Gasteiger partial charge < -0.3 is 9.31 Å². The van der Waals surface area contributed by atoms with E-state index in [0.717, 1.165) is 0 Å². The second kappa shape index (κ2) is 7.39. The van der Waals surface area contributed by atoms with E-state index >= 15 is 0 Å². The van der Waals surface area contributed by atoms with Crippen LogP contribution in [0.3, 0.4) is 0 Å². The van der Waals surface area contributed by atoms with Crippen LogP contribution in [0.25, 0.3) is 0 Å². The van der Waals surface area contributed by atoms with Crippen LogP contribution in [0.1, 0.15) is 48.5 Å². The summed E-state index contributed by atoms with van der Waals surface area (Å²) in [6.07, 6.45) is 3.65. The van der Waals surface area contributed by atoms with Gasteiger partial charge >= 0.3 is 7.12 Å². The zero-order chi connectivity index (χ0) is 21.6. The highest BCUT2D eigenvalue weighted by Gasteiger charge is 2.50. The summed E-state index contributed by atoms with van der Waals surface area (Å²) < 4.78 is 37.9. The average Bonchev–Trinajstić information content (AvgIpc) is 3.00. The summed E-state index contributed by atoms with van der Waals surface area (Å²) in [6, 6.07) is 1.65. The predicted molar refractivity (Wildman–Crippen MR) is 117 cm³/mol. The molecule has 1 fully saturated rings. The third kappa shape index (κ3) is 4.96.